The van der Waals surface area contributed by atoms with E-state index in [2.05, 4.69) is 5.32 Å². The second kappa shape index (κ2) is 10.5. The minimum Gasteiger partial charge on any atom is -0.508 e. The van der Waals surface area contributed by atoms with Gasteiger partial charge in [0.2, 0.25) is 0 Å². The van der Waals surface area contributed by atoms with Gasteiger partial charge >= 0.3 is 5.97 Å². The first-order valence-electron chi connectivity index (χ1n) is 11.1. The summed E-state index contributed by atoms with van der Waals surface area (Å²) in [5.74, 6) is -1.05. The molecule has 0 aromatic heterocycles. The highest BCUT2D eigenvalue weighted by Crippen LogP contribution is 2.33. The summed E-state index contributed by atoms with van der Waals surface area (Å²) in [7, 11) is 0. The van der Waals surface area contributed by atoms with Crippen molar-refractivity contribution >= 4 is 11.9 Å². The number of carboxylic acid groups (broad SMARTS) is 1. The molecule has 7 heteroatoms. The SMILES string of the molecule is CC(C)c1cc(C(=O)N2CCC(CN[C@@H](Cc3ccccc3)C(=O)O)CC2)c(O)cc1O. The van der Waals surface area contributed by atoms with Crippen LogP contribution in [0.2, 0.25) is 0 Å². The van der Waals surface area contributed by atoms with E-state index in [-0.39, 0.29) is 34.8 Å². The molecule has 0 radical (unpaired) electrons. The largest absolute Gasteiger partial charge is 0.508 e. The maximum absolute atomic E-state index is 13.0. The molecule has 32 heavy (non-hydrogen) atoms. The van der Waals surface area contributed by atoms with E-state index in [1.54, 1.807) is 11.0 Å². The summed E-state index contributed by atoms with van der Waals surface area (Å²) in [5.41, 5.74) is 1.81. The van der Waals surface area contributed by atoms with Crippen LogP contribution in [-0.4, -0.2) is 57.8 Å². The Hall–Kier alpha value is -3.06. The molecule has 172 valence electrons. The number of phenols is 2. The van der Waals surface area contributed by atoms with Gasteiger partial charge in [-0.25, -0.2) is 0 Å². The summed E-state index contributed by atoms with van der Waals surface area (Å²) in [6, 6.07) is 11.7. The molecule has 1 aliphatic rings. The van der Waals surface area contributed by atoms with Crippen LogP contribution in [0.4, 0.5) is 0 Å². The number of hydrogen-bond donors (Lipinski definition) is 4. The predicted molar refractivity (Wildman–Crippen MR) is 122 cm³/mol. The minimum absolute atomic E-state index is 0.0117. The molecular weight excluding hydrogens is 408 g/mol. The standard InChI is InChI=1S/C25H32N2O5/c1-16(2)19-13-20(23(29)14-22(19)28)24(30)27-10-8-18(9-11-27)15-26-21(25(31)32)12-17-6-4-3-5-7-17/h3-7,13-14,16,18,21,26,28-29H,8-12,15H2,1-2H3,(H,31,32)/t21-/m0/s1. The summed E-state index contributed by atoms with van der Waals surface area (Å²) < 4.78 is 0. The maximum Gasteiger partial charge on any atom is 0.321 e. The van der Waals surface area contributed by atoms with Gasteiger partial charge in [-0.3, -0.25) is 9.59 Å². The number of piperidine rings is 1. The van der Waals surface area contributed by atoms with E-state index in [4.69, 9.17) is 0 Å². The van der Waals surface area contributed by atoms with E-state index in [1.807, 2.05) is 44.2 Å². The number of nitrogens with zero attached hydrogens (tertiary/aromatic N) is 1. The minimum atomic E-state index is -0.870. The quantitative estimate of drug-likeness (QED) is 0.501. The number of carbonyl (C=O) groups is 2. The second-order valence-electron chi connectivity index (χ2n) is 8.81. The molecule has 1 aliphatic heterocycles. The number of likely N-dealkylation sites (tertiary alicyclic amines) is 1. The van der Waals surface area contributed by atoms with E-state index in [1.165, 1.54) is 6.07 Å². The number of amides is 1. The molecule has 1 fully saturated rings. The third kappa shape index (κ3) is 5.79. The van der Waals surface area contributed by atoms with Crippen molar-refractivity contribution < 1.29 is 24.9 Å². The van der Waals surface area contributed by atoms with Crippen LogP contribution in [0.5, 0.6) is 11.5 Å². The zero-order valence-corrected chi connectivity index (χ0v) is 18.6. The third-order valence-electron chi connectivity index (χ3n) is 6.13. The lowest BCUT2D eigenvalue weighted by Gasteiger charge is -2.33. The number of aromatic hydroxyl groups is 2. The first-order valence-corrected chi connectivity index (χ1v) is 11.1. The van der Waals surface area contributed by atoms with Crippen LogP contribution in [-0.2, 0) is 11.2 Å². The van der Waals surface area contributed by atoms with Gasteiger partial charge in [0.1, 0.15) is 17.5 Å². The predicted octanol–water partition coefficient (Wildman–Crippen LogP) is 3.36. The van der Waals surface area contributed by atoms with E-state index in [9.17, 15) is 24.9 Å². The molecule has 3 rings (SSSR count). The van der Waals surface area contributed by atoms with Crippen LogP contribution < -0.4 is 5.32 Å². The van der Waals surface area contributed by atoms with Gasteiger partial charge in [-0.2, -0.15) is 0 Å². The van der Waals surface area contributed by atoms with Crippen molar-refractivity contribution in [3.63, 3.8) is 0 Å². The van der Waals surface area contributed by atoms with Gasteiger partial charge in [-0.15, -0.1) is 0 Å². The molecule has 1 heterocycles. The van der Waals surface area contributed by atoms with Gasteiger partial charge < -0.3 is 25.5 Å². The number of hydrogen-bond acceptors (Lipinski definition) is 5. The zero-order valence-electron chi connectivity index (χ0n) is 18.6. The van der Waals surface area contributed by atoms with E-state index in [0.29, 0.717) is 31.6 Å². The van der Waals surface area contributed by atoms with Gasteiger partial charge in [0.25, 0.3) is 5.91 Å². The average Bonchev–Trinajstić information content (AvgIpc) is 2.77. The molecular formula is C25H32N2O5. The number of benzene rings is 2. The first-order chi connectivity index (χ1) is 15.3. The Labute approximate surface area is 188 Å². The number of rotatable bonds is 8. The van der Waals surface area contributed by atoms with Crippen molar-refractivity contribution in [2.45, 2.75) is 45.1 Å². The molecule has 2 aromatic carbocycles. The monoisotopic (exact) mass is 440 g/mol. The summed E-state index contributed by atoms with van der Waals surface area (Å²) >= 11 is 0. The fraction of sp³-hybridized carbons (Fsp3) is 0.440. The highest BCUT2D eigenvalue weighted by atomic mass is 16.4. The summed E-state index contributed by atoms with van der Waals surface area (Å²) in [6.07, 6.45) is 1.93. The summed E-state index contributed by atoms with van der Waals surface area (Å²) in [5, 5.41) is 32.9. The Morgan fingerprint density at radius 3 is 2.31 bits per heavy atom. The zero-order chi connectivity index (χ0) is 23.3. The molecule has 1 saturated heterocycles. The van der Waals surface area contributed by atoms with Crippen LogP contribution in [0, 0.1) is 5.92 Å². The molecule has 4 N–H and O–H groups in total. The molecule has 0 spiro atoms. The smallest absolute Gasteiger partial charge is 0.321 e. The van der Waals surface area contributed by atoms with Crippen molar-refractivity contribution in [1.29, 1.82) is 0 Å². The van der Waals surface area contributed by atoms with Crippen molar-refractivity contribution in [2.24, 2.45) is 5.92 Å². The average molecular weight is 441 g/mol. The lowest BCUT2D eigenvalue weighted by molar-refractivity contribution is -0.139. The summed E-state index contributed by atoms with van der Waals surface area (Å²) in [6.45, 7) is 5.49. The Morgan fingerprint density at radius 1 is 1.06 bits per heavy atom. The molecule has 0 unspecified atom stereocenters. The third-order valence-corrected chi connectivity index (χ3v) is 6.13. The topological polar surface area (TPSA) is 110 Å². The van der Waals surface area contributed by atoms with Crippen molar-refractivity contribution in [1.82, 2.24) is 10.2 Å². The number of aliphatic carboxylic acids is 1. The molecule has 0 saturated carbocycles. The van der Waals surface area contributed by atoms with Crippen LogP contribution >= 0.6 is 0 Å². The summed E-state index contributed by atoms with van der Waals surface area (Å²) in [4.78, 5) is 26.3. The van der Waals surface area contributed by atoms with Gasteiger partial charge in [-0.05, 0) is 54.8 Å². The molecule has 0 aliphatic carbocycles. The Bertz CT molecular complexity index is 937. The van der Waals surface area contributed by atoms with Crippen LogP contribution in [0.15, 0.2) is 42.5 Å². The van der Waals surface area contributed by atoms with Crippen LogP contribution in [0.1, 0.15) is 54.1 Å². The fourth-order valence-corrected chi connectivity index (χ4v) is 4.14. The van der Waals surface area contributed by atoms with Crippen molar-refractivity contribution in [3.8, 4) is 11.5 Å². The Kier molecular flexibility index (Phi) is 7.75. The number of nitrogens with one attached hydrogen (secondary N) is 1. The molecule has 2 aromatic rings. The van der Waals surface area contributed by atoms with E-state index in [0.717, 1.165) is 18.4 Å². The number of phenolic OH excluding ortho intramolecular Hbond substituents is 2. The fourth-order valence-electron chi connectivity index (χ4n) is 4.14. The van der Waals surface area contributed by atoms with Crippen LogP contribution in [0.3, 0.4) is 0 Å². The number of carboxylic acids is 1. The first kappa shape index (κ1) is 23.6. The lowest BCUT2D eigenvalue weighted by Crippen LogP contribution is -2.45. The molecule has 0 bridgehead atoms. The lowest BCUT2D eigenvalue weighted by atomic mass is 9.94. The Morgan fingerprint density at radius 2 is 1.72 bits per heavy atom. The molecule has 1 atom stereocenters. The second-order valence-corrected chi connectivity index (χ2v) is 8.81. The van der Waals surface area contributed by atoms with E-state index >= 15 is 0 Å². The van der Waals surface area contributed by atoms with Crippen molar-refractivity contribution in [2.75, 3.05) is 19.6 Å². The van der Waals surface area contributed by atoms with E-state index < -0.39 is 12.0 Å². The Balaban J connectivity index is 1.55. The van der Waals surface area contributed by atoms with Gasteiger partial charge in [0.05, 0.1) is 5.56 Å². The molecule has 7 nitrogen and oxygen atoms in total. The van der Waals surface area contributed by atoms with Gasteiger partial charge in [0.15, 0.2) is 0 Å². The highest BCUT2D eigenvalue weighted by molar-refractivity contribution is 5.97. The molecule has 1 amide bonds. The number of carbonyl (C=O) groups excluding carboxylic acids is 1. The highest BCUT2D eigenvalue weighted by Gasteiger charge is 2.27. The van der Waals surface area contributed by atoms with Gasteiger partial charge in [0, 0.05) is 19.2 Å². The van der Waals surface area contributed by atoms with Crippen LogP contribution in [0.25, 0.3) is 0 Å². The maximum atomic E-state index is 13.0. The van der Waals surface area contributed by atoms with Crippen molar-refractivity contribution in [3.05, 3.63) is 59.2 Å². The normalized spacial score (nSPS) is 15.7. The van der Waals surface area contributed by atoms with Gasteiger partial charge in [-0.1, -0.05) is 44.2 Å².